The van der Waals surface area contributed by atoms with Crippen molar-refractivity contribution in [3.63, 3.8) is 0 Å². The molecule has 0 amide bonds. The Morgan fingerprint density at radius 2 is 1.04 bits per heavy atom. The van der Waals surface area contributed by atoms with Crippen LogP contribution in [-0.2, 0) is 19.2 Å². The zero-order chi connectivity index (χ0) is 19.2. The fraction of sp³-hybridized carbons (Fsp3) is 0.714. The Morgan fingerprint density at radius 1 is 0.667 bits per heavy atom. The summed E-state index contributed by atoms with van der Waals surface area (Å²) >= 11 is 0. The maximum absolute atomic E-state index is 10.7. The van der Waals surface area contributed by atoms with E-state index in [1.165, 1.54) is 12.8 Å². The summed E-state index contributed by atoms with van der Waals surface area (Å²) in [6.45, 7) is 1.65. The van der Waals surface area contributed by atoms with Crippen molar-refractivity contribution in [3.8, 4) is 0 Å². The predicted molar refractivity (Wildman–Crippen MR) is 83.4 cm³/mol. The number of hydrogen-bond acceptors (Lipinski definition) is 6. The maximum Gasteiger partial charge on any atom is 0.332 e. The highest BCUT2D eigenvalue weighted by atomic mass is 16.4. The topological polar surface area (TPSA) is 201 Å². The van der Waals surface area contributed by atoms with Crippen molar-refractivity contribution in [2.75, 3.05) is 13.1 Å². The number of carboxylic acid groups (broad SMARTS) is 4. The minimum Gasteiger partial charge on any atom is -0.481 e. The summed E-state index contributed by atoms with van der Waals surface area (Å²) in [5.41, 5.74) is 7.58. The fourth-order valence-electron chi connectivity index (χ4n) is 1.74. The molecule has 0 aromatic rings. The van der Waals surface area contributed by atoms with E-state index in [4.69, 9.17) is 31.9 Å². The quantitative estimate of drug-likeness (QED) is 0.204. The maximum atomic E-state index is 10.7. The van der Waals surface area contributed by atoms with Gasteiger partial charge < -0.3 is 31.9 Å². The summed E-state index contributed by atoms with van der Waals surface area (Å²) in [7, 11) is 0. The van der Waals surface area contributed by atoms with E-state index in [0.717, 1.165) is 25.9 Å². The number of hydrogen-bond donors (Lipinski definition) is 6. The van der Waals surface area contributed by atoms with E-state index in [9.17, 15) is 19.2 Å². The van der Waals surface area contributed by atoms with E-state index >= 15 is 0 Å². The van der Waals surface area contributed by atoms with Crippen LogP contribution >= 0.6 is 0 Å². The number of carbonyl (C=O) groups is 4. The van der Waals surface area contributed by atoms with Crippen molar-refractivity contribution in [1.82, 2.24) is 0 Å². The molecular formula is C14H26N2O8. The van der Waals surface area contributed by atoms with Gasteiger partial charge in [0.1, 0.15) is 0 Å². The van der Waals surface area contributed by atoms with E-state index in [0.29, 0.717) is 0 Å². The second kappa shape index (κ2) is 13.3. The van der Waals surface area contributed by atoms with Crippen LogP contribution in [0.15, 0.2) is 0 Å². The molecule has 10 nitrogen and oxygen atoms in total. The molecule has 0 bridgehead atoms. The van der Waals surface area contributed by atoms with E-state index in [2.05, 4.69) is 0 Å². The third-order valence-electron chi connectivity index (χ3n) is 3.20. The van der Waals surface area contributed by atoms with Gasteiger partial charge in [-0.1, -0.05) is 12.8 Å². The summed E-state index contributed by atoms with van der Waals surface area (Å²) in [5, 5.41) is 34.1. The number of carboxylic acids is 4. The first-order chi connectivity index (χ1) is 11.2. The van der Waals surface area contributed by atoms with Crippen LogP contribution in [-0.4, -0.2) is 57.4 Å². The standard InChI is InChI=1S/C8H10O8.C6H16N2/c9-4(10)2-1-3-8(5(11)12,6(13)14)7(15)16;7-5-3-1-2-4-6-8/h1-3H2,(H,9,10)(H,11,12)(H,13,14)(H,15,16);1-8H2. The Hall–Kier alpha value is -2.20. The molecule has 0 saturated heterocycles. The average Bonchev–Trinajstić information content (AvgIpc) is 2.47. The van der Waals surface area contributed by atoms with Crippen LogP contribution in [0.5, 0.6) is 0 Å². The molecule has 0 rings (SSSR count). The van der Waals surface area contributed by atoms with Crippen LogP contribution < -0.4 is 11.5 Å². The largest absolute Gasteiger partial charge is 0.481 e. The second-order valence-corrected chi connectivity index (χ2v) is 5.06. The van der Waals surface area contributed by atoms with Crippen molar-refractivity contribution in [2.24, 2.45) is 16.9 Å². The molecule has 0 radical (unpaired) electrons. The van der Waals surface area contributed by atoms with Crippen molar-refractivity contribution in [1.29, 1.82) is 0 Å². The lowest BCUT2D eigenvalue weighted by Crippen LogP contribution is -2.46. The van der Waals surface area contributed by atoms with Crippen LogP contribution in [0.1, 0.15) is 44.9 Å². The first-order valence-corrected chi connectivity index (χ1v) is 7.48. The summed E-state index contributed by atoms with van der Waals surface area (Å²) in [5.74, 6) is -7.30. The lowest BCUT2D eigenvalue weighted by Gasteiger charge is -2.19. The molecule has 0 aliphatic heterocycles. The van der Waals surface area contributed by atoms with Crippen molar-refractivity contribution in [3.05, 3.63) is 0 Å². The fourth-order valence-corrected chi connectivity index (χ4v) is 1.74. The number of rotatable bonds is 12. The van der Waals surface area contributed by atoms with Crippen LogP contribution in [0, 0.1) is 5.41 Å². The Bertz CT molecular complexity index is 383. The van der Waals surface area contributed by atoms with Crippen LogP contribution in [0.4, 0.5) is 0 Å². The van der Waals surface area contributed by atoms with E-state index < -0.39 is 42.1 Å². The van der Waals surface area contributed by atoms with Crippen molar-refractivity contribution in [2.45, 2.75) is 44.9 Å². The SMILES string of the molecule is NCCCCCCN.O=C(O)CCCC(C(=O)O)(C(=O)O)C(=O)O. The Balaban J connectivity index is 0. The lowest BCUT2D eigenvalue weighted by atomic mass is 9.83. The molecule has 0 atom stereocenters. The molecular weight excluding hydrogens is 324 g/mol. The van der Waals surface area contributed by atoms with Gasteiger partial charge in [0.25, 0.3) is 5.41 Å². The molecule has 0 unspecified atom stereocenters. The van der Waals surface area contributed by atoms with E-state index in [1.54, 1.807) is 0 Å². The molecule has 0 aliphatic rings. The van der Waals surface area contributed by atoms with Crippen LogP contribution in [0.3, 0.4) is 0 Å². The van der Waals surface area contributed by atoms with Gasteiger partial charge in [0, 0.05) is 6.42 Å². The molecule has 0 aromatic heterocycles. The van der Waals surface area contributed by atoms with Gasteiger partial charge in [-0.2, -0.15) is 0 Å². The molecule has 24 heavy (non-hydrogen) atoms. The number of aliphatic carboxylic acids is 4. The molecule has 0 aliphatic carbocycles. The van der Waals surface area contributed by atoms with Gasteiger partial charge >= 0.3 is 23.9 Å². The Labute approximate surface area is 139 Å². The first-order valence-electron chi connectivity index (χ1n) is 7.48. The highest BCUT2D eigenvalue weighted by Crippen LogP contribution is 2.26. The first kappa shape index (κ1) is 24.1. The molecule has 10 heteroatoms. The minimum atomic E-state index is -2.98. The molecule has 8 N–H and O–H groups in total. The normalized spacial score (nSPS) is 10.4. The highest BCUT2D eigenvalue weighted by Gasteiger charge is 2.53. The van der Waals surface area contributed by atoms with Crippen LogP contribution in [0.2, 0.25) is 0 Å². The molecule has 0 aromatic carbocycles. The smallest absolute Gasteiger partial charge is 0.332 e. The minimum absolute atomic E-state index is 0.347. The number of unbranched alkanes of at least 4 members (excludes halogenated alkanes) is 3. The zero-order valence-corrected chi connectivity index (χ0v) is 13.4. The molecule has 0 spiro atoms. The van der Waals surface area contributed by atoms with Gasteiger partial charge in [0.2, 0.25) is 0 Å². The van der Waals surface area contributed by atoms with E-state index in [1.807, 2.05) is 0 Å². The molecule has 0 fully saturated rings. The highest BCUT2D eigenvalue weighted by molar-refractivity contribution is 6.16. The summed E-state index contributed by atoms with van der Waals surface area (Å²) < 4.78 is 0. The van der Waals surface area contributed by atoms with Gasteiger partial charge in [-0.15, -0.1) is 0 Å². The molecule has 0 saturated carbocycles. The predicted octanol–water partition coefficient (Wildman–Crippen LogP) is -0.0543. The van der Waals surface area contributed by atoms with Gasteiger partial charge in [-0.05, 0) is 38.8 Å². The van der Waals surface area contributed by atoms with E-state index in [-0.39, 0.29) is 6.42 Å². The molecule has 0 heterocycles. The zero-order valence-electron chi connectivity index (χ0n) is 13.4. The summed E-state index contributed by atoms with van der Waals surface area (Å²) in [4.78, 5) is 42.2. The monoisotopic (exact) mass is 350 g/mol. The summed E-state index contributed by atoms with van der Waals surface area (Å²) in [6.07, 6.45) is 3.18. The molecule has 140 valence electrons. The third kappa shape index (κ3) is 9.06. The van der Waals surface area contributed by atoms with Gasteiger partial charge in [-0.3, -0.25) is 19.2 Å². The van der Waals surface area contributed by atoms with Gasteiger partial charge in [0.05, 0.1) is 0 Å². The average molecular weight is 350 g/mol. The van der Waals surface area contributed by atoms with Gasteiger partial charge in [-0.25, -0.2) is 0 Å². The van der Waals surface area contributed by atoms with Crippen molar-refractivity contribution >= 4 is 23.9 Å². The summed E-state index contributed by atoms with van der Waals surface area (Å²) in [6, 6.07) is 0. The number of nitrogens with two attached hydrogens (primary N) is 2. The van der Waals surface area contributed by atoms with Crippen molar-refractivity contribution < 1.29 is 39.6 Å². The Morgan fingerprint density at radius 3 is 1.29 bits per heavy atom. The third-order valence-corrected chi connectivity index (χ3v) is 3.20. The van der Waals surface area contributed by atoms with Gasteiger partial charge in [0.15, 0.2) is 0 Å². The van der Waals surface area contributed by atoms with Crippen LogP contribution in [0.25, 0.3) is 0 Å². The lowest BCUT2D eigenvalue weighted by molar-refractivity contribution is -0.176. The second-order valence-electron chi connectivity index (χ2n) is 5.06. The Kier molecular flexibility index (Phi) is 13.3.